The Labute approximate surface area is 126 Å². The number of nitrogens with one attached hydrogen (secondary N) is 1. The number of hydrogen-bond acceptors (Lipinski definition) is 4. The molecule has 0 aliphatic rings. The first-order valence-corrected chi connectivity index (χ1v) is 7.99. The first-order chi connectivity index (χ1) is 10.3. The van der Waals surface area contributed by atoms with E-state index < -0.39 is 13.9 Å². The minimum absolute atomic E-state index is 0.00102. The molecule has 2 aromatic carbocycles. The van der Waals surface area contributed by atoms with Crippen molar-refractivity contribution in [3.05, 3.63) is 53.6 Å². The Morgan fingerprint density at radius 3 is 2.27 bits per heavy atom. The van der Waals surface area contributed by atoms with Gasteiger partial charge in [-0.2, -0.15) is 0 Å². The zero-order chi connectivity index (χ0) is 16.3. The van der Waals surface area contributed by atoms with Crippen molar-refractivity contribution in [3.63, 3.8) is 0 Å². The van der Waals surface area contributed by atoms with E-state index in [4.69, 9.17) is 9.79 Å². The normalized spacial score (nSPS) is 12.9. The highest BCUT2D eigenvalue weighted by atomic mass is 31.2. The smallest absolute Gasteiger partial charge is 0.427 e. The predicted octanol–water partition coefficient (Wildman–Crippen LogP) is 1.88. The van der Waals surface area contributed by atoms with E-state index in [9.17, 15) is 19.9 Å². The highest BCUT2D eigenvalue weighted by Gasteiger charge is 2.22. The van der Waals surface area contributed by atoms with Gasteiger partial charge in [-0.25, -0.2) is 4.57 Å². The number of phenolic OH excluding ortho intramolecular Hbond substituents is 2. The van der Waals surface area contributed by atoms with Crippen molar-refractivity contribution >= 4 is 13.4 Å². The van der Waals surface area contributed by atoms with Crippen LogP contribution in [0.15, 0.2) is 42.5 Å². The summed E-state index contributed by atoms with van der Waals surface area (Å²) in [7, 11) is -4.57. The number of benzene rings is 2. The molecule has 118 valence electrons. The standard InChI is InChI=1S/C14H16NO6P/c16-10-6-4-9(5-7-10)8-13(18)14-11(15-22(19,20)21)2-1-3-12(14)17/h1-7,13,16-18H,8H2,(H3,15,19,20,21). The molecule has 0 bridgehead atoms. The lowest BCUT2D eigenvalue weighted by Crippen LogP contribution is -2.07. The molecule has 1 atom stereocenters. The maximum atomic E-state index is 11.1. The zero-order valence-corrected chi connectivity index (χ0v) is 12.3. The van der Waals surface area contributed by atoms with Gasteiger partial charge in [0, 0.05) is 12.0 Å². The summed E-state index contributed by atoms with van der Waals surface area (Å²) in [6.07, 6.45) is -1.08. The number of phenols is 2. The number of aliphatic hydroxyl groups is 1. The van der Waals surface area contributed by atoms with E-state index >= 15 is 0 Å². The molecule has 22 heavy (non-hydrogen) atoms. The van der Waals surface area contributed by atoms with Crippen LogP contribution in [0.3, 0.4) is 0 Å². The van der Waals surface area contributed by atoms with Crippen LogP contribution in [-0.2, 0) is 11.0 Å². The fourth-order valence-electron chi connectivity index (χ4n) is 2.11. The van der Waals surface area contributed by atoms with E-state index in [0.717, 1.165) is 0 Å². The highest BCUT2D eigenvalue weighted by Crippen LogP contribution is 2.41. The molecular formula is C14H16NO6P. The molecule has 0 heterocycles. The maximum Gasteiger partial charge on any atom is 0.427 e. The minimum atomic E-state index is -4.57. The molecule has 0 saturated carbocycles. The molecule has 0 aliphatic carbocycles. The van der Waals surface area contributed by atoms with Crippen LogP contribution in [0.5, 0.6) is 11.5 Å². The van der Waals surface area contributed by atoms with Crippen LogP contribution < -0.4 is 5.09 Å². The third kappa shape index (κ3) is 4.22. The summed E-state index contributed by atoms with van der Waals surface area (Å²) in [4.78, 5) is 18.0. The first-order valence-electron chi connectivity index (χ1n) is 6.38. The monoisotopic (exact) mass is 325 g/mol. The van der Waals surface area contributed by atoms with Crippen LogP contribution in [0, 0.1) is 0 Å². The summed E-state index contributed by atoms with van der Waals surface area (Å²) in [6, 6.07) is 10.2. The van der Waals surface area contributed by atoms with Crippen molar-refractivity contribution in [1.29, 1.82) is 0 Å². The SMILES string of the molecule is O=P(O)(O)Nc1cccc(O)c1C(O)Cc1ccc(O)cc1. The number of aromatic hydroxyl groups is 2. The molecule has 8 heteroatoms. The van der Waals surface area contributed by atoms with E-state index in [1.807, 2.05) is 5.09 Å². The Morgan fingerprint density at radius 1 is 1.05 bits per heavy atom. The first kappa shape index (κ1) is 16.3. The van der Waals surface area contributed by atoms with Gasteiger partial charge in [0.2, 0.25) is 0 Å². The Hall–Kier alpha value is -2.05. The number of anilines is 1. The molecule has 2 aromatic rings. The lowest BCUT2D eigenvalue weighted by Gasteiger charge is -2.18. The molecule has 0 saturated heterocycles. The third-order valence-corrected chi connectivity index (χ3v) is 3.58. The van der Waals surface area contributed by atoms with Crippen LogP contribution in [0.25, 0.3) is 0 Å². The second kappa shape index (κ2) is 6.37. The van der Waals surface area contributed by atoms with E-state index in [2.05, 4.69) is 0 Å². The van der Waals surface area contributed by atoms with Crippen molar-refractivity contribution in [2.24, 2.45) is 0 Å². The zero-order valence-electron chi connectivity index (χ0n) is 11.4. The van der Waals surface area contributed by atoms with Gasteiger partial charge in [0.25, 0.3) is 0 Å². The molecule has 2 rings (SSSR count). The number of rotatable bonds is 5. The van der Waals surface area contributed by atoms with Gasteiger partial charge in [-0.1, -0.05) is 18.2 Å². The minimum Gasteiger partial charge on any atom is -0.508 e. The average molecular weight is 325 g/mol. The summed E-state index contributed by atoms with van der Waals surface area (Å²) in [5, 5.41) is 31.4. The van der Waals surface area contributed by atoms with Crippen molar-refractivity contribution in [3.8, 4) is 11.5 Å². The van der Waals surface area contributed by atoms with Crippen LogP contribution in [0.2, 0.25) is 0 Å². The van der Waals surface area contributed by atoms with Crippen LogP contribution in [0.4, 0.5) is 5.69 Å². The van der Waals surface area contributed by atoms with Crippen molar-refractivity contribution in [2.45, 2.75) is 12.5 Å². The van der Waals surface area contributed by atoms with Crippen molar-refractivity contribution < 1.29 is 29.7 Å². The van der Waals surface area contributed by atoms with Gasteiger partial charge in [-0.15, -0.1) is 0 Å². The van der Waals surface area contributed by atoms with E-state index in [1.165, 1.54) is 30.3 Å². The average Bonchev–Trinajstić information content (AvgIpc) is 2.39. The van der Waals surface area contributed by atoms with Gasteiger partial charge >= 0.3 is 7.75 Å². The molecule has 1 unspecified atom stereocenters. The van der Waals surface area contributed by atoms with Crippen LogP contribution in [-0.4, -0.2) is 25.1 Å². The molecule has 0 radical (unpaired) electrons. The Bertz CT molecular complexity index is 697. The van der Waals surface area contributed by atoms with Gasteiger partial charge in [0.05, 0.1) is 11.8 Å². The van der Waals surface area contributed by atoms with Crippen LogP contribution >= 0.6 is 7.75 Å². The quantitative estimate of drug-likeness (QED) is 0.463. The lowest BCUT2D eigenvalue weighted by atomic mass is 9.99. The topological polar surface area (TPSA) is 130 Å². The summed E-state index contributed by atoms with van der Waals surface area (Å²) < 4.78 is 11.1. The van der Waals surface area contributed by atoms with E-state index in [0.29, 0.717) is 5.56 Å². The van der Waals surface area contributed by atoms with Crippen LogP contribution in [0.1, 0.15) is 17.2 Å². The lowest BCUT2D eigenvalue weighted by molar-refractivity contribution is 0.175. The predicted molar refractivity (Wildman–Crippen MR) is 80.5 cm³/mol. The second-order valence-electron chi connectivity index (χ2n) is 4.78. The maximum absolute atomic E-state index is 11.1. The summed E-state index contributed by atoms with van der Waals surface area (Å²) in [5.74, 6) is -0.186. The van der Waals surface area contributed by atoms with E-state index in [-0.39, 0.29) is 29.2 Å². The Morgan fingerprint density at radius 2 is 1.68 bits per heavy atom. The molecule has 7 nitrogen and oxygen atoms in total. The fourth-order valence-corrected chi connectivity index (χ4v) is 2.62. The van der Waals surface area contributed by atoms with Gasteiger partial charge < -0.3 is 25.1 Å². The number of hydrogen-bond donors (Lipinski definition) is 6. The summed E-state index contributed by atoms with van der Waals surface area (Å²) in [6.45, 7) is 0. The van der Waals surface area contributed by atoms with Gasteiger partial charge in [-0.3, -0.25) is 5.09 Å². The molecule has 0 aromatic heterocycles. The van der Waals surface area contributed by atoms with Crippen molar-refractivity contribution in [1.82, 2.24) is 0 Å². The fraction of sp³-hybridized carbons (Fsp3) is 0.143. The largest absolute Gasteiger partial charge is 0.508 e. The molecule has 0 amide bonds. The molecule has 0 fully saturated rings. The molecule has 0 spiro atoms. The van der Waals surface area contributed by atoms with Gasteiger partial charge in [0.15, 0.2) is 0 Å². The van der Waals surface area contributed by atoms with Gasteiger partial charge in [-0.05, 0) is 29.8 Å². The highest BCUT2D eigenvalue weighted by molar-refractivity contribution is 7.53. The van der Waals surface area contributed by atoms with Crippen molar-refractivity contribution in [2.75, 3.05) is 5.09 Å². The summed E-state index contributed by atoms with van der Waals surface area (Å²) >= 11 is 0. The Kier molecular flexibility index (Phi) is 4.73. The van der Waals surface area contributed by atoms with Gasteiger partial charge in [0.1, 0.15) is 11.5 Å². The third-order valence-electron chi connectivity index (χ3n) is 3.05. The molecular weight excluding hydrogens is 309 g/mol. The molecule has 0 aliphatic heterocycles. The molecule has 6 N–H and O–H groups in total. The number of aliphatic hydroxyl groups excluding tert-OH is 1. The second-order valence-corrected chi connectivity index (χ2v) is 6.09. The van der Waals surface area contributed by atoms with E-state index in [1.54, 1.807) is 12.1 Å². The summed E-state index contributed by atoms with van der Waals surface area (Å²) in [5.41, 5.74) is 0.647. The Balaban J connectivity index is 2.30.